The van der Waals surface area contributed by atoms with E-state index < -0.39 is 6.04 Å². The zero-order valence-electron chi connectivity index (χ0n) is 16.4. The molecule has 4 rings (SSSR count). The number of amides is 2. The van der Waals surface area contributed by atoms with Crippen LogP contribution >= 0.6 is 11.6 Å². The van der Waals surface area contributed by atoms with Gasteiger partial charge in [0.15, 0.2) is 5.82 Å². The number of halogens is 1. The molecule has 8 nitrogen and oxygen atoms in total. The Labute approximate surface area is 178 Å². The molecule has 1 heterocycles. The molecule has 9 heteroatoms. The first-order valence-electron chi connectivity index (χ1n) is 9.70. The molecule has 154 valence electrons. The number of benzene rings is 2. The first-order valence-corrected chi connectivity index (χ1v) is 10.1. The van der Waals surface area contributed by atoms with Crippen LogP contribution in [-0.4, -0.2) is 32.0 Å². The van der Waals surface area contributed by atoms with Gasteiger partial charge in [0, 0.05) is 23.2 Å². The highest BCUT2D eigenvalue weighted by Gasteiger charge is 2.28. The van der Waals surface area contributed by atoms with Crippen molar-refractivity contribution in [3.05, 3.63) is 59.1 Å². The second kappa shape index (κ2) is 8.62. The van der Waals surface area contributed by atoms with Crippen molar-refractivity contribution in [3.63, 3.8) is 0 Å². The van der Waals surface area contributed by atoms with Crippen molar-refractivity contribution in [2.24, 2.45) is 0 Å². The number of carbonyl (C=O) groups excluding carboxylic acids is 2. The van der Waals surface area contributed by atoms with Gasteiger partial charge < -0.3 is 10.6 Å². The van der Waals surface area contributed by atoms with Gasteiger partial charge in [-0.3, -0.25) is 9.59 Å². The first kappa shape index (κ1) is 20.0. The van der Waals surface area contributed by atoms with E-state index >= 15 is 0 Å². The number of anilines is 1. The molecule has 1 atom stereocenters. The van der Waals surface area contributed by atoms with E-state index in [1.165, 1.54) is 6.92 Å². The molecule has 2 amide bonds. The Morgan fingerprint density at radius 1 is 1.13 bits per heavy atom. The summed E-state index contributed by atoms with van der Waals surface area (Å²) in [5.41, 5.74) is 2.36. The van der Waals surface area contributed by atoms with Crippen LogP contribution in [0.2, 0.25) is 5.02 Å². The molecule has 30 heavy (non-hydrogen) atoms. The lowest BCUT2D eigenvalue weighted by atomic mass is 10.0. The van der Waals surface area contributed by atoms with Gasteiger partial charge >= 0.3 is 0 Å². The number of carbonyl (C=O) groups is 2. The summed E-state index contributed by atoms with van der Waals surface area (Å²) in [4.78, 5) is 24.2. The molecule has 1 aliphatic carbocycles. The van der Waals surface area contributed by atoms with E-state index in [4.69, 9.17) is 11.6 Å². The number of aromatic nitrogens is 4. The van der Waals surface area contributed by atoms with Crippen molar-refractivity contribution >= 4 is 29.1 Å². The molecule has 1 aromatic heterocycles. The van der Waals surface area contributed by atoms with Crippen LogP contribution in [0.3, 0.4) is 0 Å². The smallest absolute Gasteiger partial charge is 0.226 e. The van der Waals surface area contributed by atoms with Crippen LogP contribution in [0.5, 0.6) is 0 Å². The van der Waals surface area contributed by atoms with Crippen LogP contribution in [0.1, 0.15) is 43.8 Å². The van der Waals surface area contributed by atoms with Crippen LogP contribution in [0.25, 0.3) is 11.4 Å². The average Bonchev–Trinajstić information content (AvgIpc) is 3.45. The third-order valence-corrected chi connectivity index (χ3v) is 5.10. The average molecular weight is 425 g/mol. The summed E-state index contributed by atoms with van der Waals surface area (Å²) in [5, 5.41) is 18.2. The van der Waals surface area contributed by atoms with E-state index in [-0.39, 0.29) is 18.2 Å². The number of nitrogens with zero attached hydrogens (tertiary/aromatic N) is 4. The summed E-state index contributed by atoms with van der Waals surface area (Å²) < 4.78 is 1.84. The van der Waals surface area contributed by atoms with E-state index in [2.05, 4.69) is 26.2 Å². The predicted molar refractivity (Wildman–Crippen MR) is 113 cm³/mol. The fraction of sp³-hybridized carbons (Fsp3) is 0.286. The van der Waals surface area contributed by atoms with Gasteiger partial charge in [-0.05, 0) is 65.2 Å². The molecule has 3 aromatic rings. The van der Waals surface area contributed by atoms with Crippen LogP contribution < -0.4 is 10.6 Å². The van der Waals surface area contributed by atoms with Gasteiger partial charge in [-0.25, -0.2) is 4.68 Å². The lowest BCUT2D eigenvalue weighted by Crippen LogP contribution is -2.29. The maximum atomic E-state index is 12.6. The van der Waals surface area contributed by atoms with Crippen molar-refractivity contribution in [2.45, 2.75) is 38.3 Å². The molecule has 0 radical (unpaired) electrons. The van der Waals surface area contributed by atoms with Crippen molar-refractivity contribution in [1.29, 1.82) is 0 Å². The quantitative estimate of drug-likeness (QED) is 0.604. The zero-order chi connectivity index (χ0) is 21.1. The third kappa shape index (κ3) is 4.83. The highest BCUT2D eigenvalue weighted by Crippen LogP contribution is 2.36. The van der Waals surface area contributed by atoms with E-state index in [0.29, 0.717) is 16.8 Å². The standard InChI is InChI=1S/C21H21ClN6O2/c1-13(29)23-19(14-2-6-16(22)7-3-14)12-20(30)24-17-8-4-15(5-9-17)21-25-26-27-28(21)18-10-11-18/h2-9,18-19H,10-12H2,1H3,(H,23,29)(H,24,30)/t19-/m0/s1. The Morgan fingerprint density at radius 2 is 1.83 bits per heavy atom. The third-order valence-electron chi connectivity index (χ3n) is 4.85. The van der Waals surface area contributed by atoms with Crippen molar-refractivity contribution in [3.8, 4) is 11.4 Å². The monoisotopic (exact) mass is 424 g/mol. The van der Waals surface area contributed by atoms with Crippen molar-refractivity contribution in [1.82, 2.24) is 25.5 Å². The van der Waals surface area contributed by atoms with Crippen molar-refractivity contribution in [2.75, 3.05) is 5.32 Å². The number of nitrogens with one attached hydrogen (secondary N) is 2. The number of rotatable bonds is 7. The summed E-state index contributed by atoms with van der Waals surface area (Å²) in [6.45, 7) is 1.43. The topological polar surface area (TPSA) is 102 Å². The van der Waals surface area contributed by atoms with Crippen LogP contribution in [0.15, 0.2) is 48.5 Å². The molecule has 1 saturated carbocycles. The maximum Gasteiger partial charge on any atom is 0.226 e. The van der Waals surface area contributed by atoms with E-state index in [1.54, 1.807) is 24.3 Å². The second-order valence-corrected chi connectivity index (χ2v) is 7.75. The van der Waals surface area contributed by atoms with E-state index in [9.17, 15) is 9.59 Å². The van der Waals surface area contributed by atoms with Crippen LogP contribution in [-0.2, 0) is 9.59 Å². The number of tetrazole rings is 1. The minimum Gasteiger partial charge on any atom is -0.349 e. The van der Waals surface area contributed by atoms with E-state index in [0.717, 1.165) is 29.8 Å². The highest BCUT2D eigenvalue weighted by molar-refractivity contribution is 6.30. The van der Waals surface area contributed by atoms with Gasteiger partial charge in [-0.2, -0.15) is 0 Å². The van der Waals surface area contributed by atoms with Gasteiger partial charge in [0.25, 0.3) is 0 Å². The Hall–Kier alpha value is -3.26. The summed E-state index contributed by atoms with van der Waals surface area (Å²) in [6.07, 6.45) is 2.29. The number of hydrogen-bond donors (Lipinski definition) is 2. The molecule has 0 aliphatic heterocycles. The van der Waals surface area contributed by atoms with Crippen LogP contribution in [0.4, 0.5) is 5.69 Å². The van der Waals surface area contributed by atoms with Gasteiger partial charge in [-0.15, -0.1) is 5.10 Å². The summed E-state index contributed by atoms with van der Waals surface area (Å²) in [7, 11) is 0. The van der Waals surface area contributed by atoms with Crippen molar-refractivity contribution < 1.29 is 9.59 Å². The normalized spacial score (nSPS) is 14.2. The fourth-order valence-electron chi connectivity index (χ4n) is 3.24. The second-order valence-electron chi connectivity index (χ2n) is 7.31. The molecular weight excluding hydrogens is 404 g/mol. The molecule has 0 bridgehead atoms. The Morgan fingerprint density at radius 3 is 2.47 bits per heavy atom. The summed E-state index contributed by atoms with van der Waals surface area (Å²) in [6, 6.07) is 14.4. The number of hydrogen-bond acceptors (Lipinski definition) is 5. The predicted octanol–water partition coefficient (Wildman–Crippen LogP) is 3.53. The molecular formula is C21H21ClN6O2. The summed E-state index contributed by atoms with van der Waals surface area (Å²) >= 11 is 5.93. The zero-order valence-corrected chi connectivity index (χ0v) is 17.1. The minimum atomic E-state index is -0.442. The van der Waals surface area contributed by atoms with Gasteiger partial charge in [0.1, 0.15) is 0 Å². The Balaban J connectivity index is 1.42. The van der Waals surface area contributed by atoms with Gasteiger partial charge in [-0.1, -0.05) is 23.7 Å². The molecule has 0 saturated heterocycles. The fourth-order valence-corrected chi connectivity index (χ4v) is 3.37. The largest absolute Gasteiger partial charge is 0.349 e. The maximum absolute atomic E-state index is 12.6. The minimum absolute atomic E-state index is 0.100. The molecule has 1 fully saturated rings. The molecule has 2 aromatic carbocycles. The Kier molecular flexibility index (Phi) is 5.76. The SMILES string of the molecule is CC(=O)N[C@@H](CC(=O)Nc1ccc(-c2nnnn2C2CC2)cc1)c1ccc(Cl)cc1. The van der Waals surface area contributed by atoms with Gasteiger partial charge in [0.2, 0.25) is 11.8 Å². The summed E-state index contributed by atoms with van der Waals surface area (Å²) in [5.74, 6) is 0.309. The molecule has 1 aliphatic rings. The molecule has 2 N–H and O–H groups in total. The lowest BCUT2D eigenvalue weighted by Gasteiger charge is -2.18. The van der Waals surface area contributed by atoms with Gasteiger partial charge in [0.05, 0.1) is 18.5 Å². The molecule has 0 spiro atoms. The first-order chi connectivity index (χ1) is 14.5. The highest BCUT2D eigenvalue weighted by atomic mass is 35.5. The van der Waals surface area contributed by atoms with E-state index in [1.807, 2.05) is 28.9 Å². The Bertz CT molecular complexity index is 1040. The van der Waals surface area contributed by atoms with Crippen LogP contribution in [0, 0.1) is 0 Å². The lowest BCUT2D eigenvalue weighted by molar-refractivity contribution is -0.120. The molecule has 0 unspecified atom stereocenters.